The molecule has 1 aliphatic rings. The zero-order valence-electron chi connectivity index (χ0n) is 19.0. The van der Waals surface area contributed by atoms with Crippen molar-refractivity contribution in [1.82, 2.24) is 9.62 Å². The number of nitrogens with zero attached hydrogens (tertiary/aromatic N) is 1. The molecule has 0 radical (unpaired) electrons. The van der Waals surface area contributed by atoms with Crippen molar-refractivity contribution >= 4 is 27.7 Å². The first-order chi connectivity index (χ1) is 15.1. The summed E-state index contributed by atoms with van der Waals surface area (Å²) in [5.41, 5.74) is 0.304. The first kappa shape index (κ1) is 24.7. The maximum absolute atomic E-state index is 13.4. The second-order valence-corrected chi connectivity index (χ2v) is 11.8. The summed E-state index contributed by atoms with van der Waals surface area (Å²) in [5.74, 6) is -0.0816. The highest BCUT2D eigenvalue weighted by atomic mass is 32.2. The van der Waals surface area contributed by atoms with Gasteiger partial charge < -0.3 is 5.32 Å². The molecule has 0 bridgehead atoms. The second kappa shape index (κ2) is 10.4. The summed E-state index contributed by atoms with van der Waals surface area (Å²) in [6, 6.07) is 10.7. The molecule has 1 heterocycles. The Morgan fingerprint density at radius 2 is 1.78 bits per heavy atom. The maximum atomic E-state index is 13.4. The third kappa shape index (κ3) is 5.91. The normalized spacial score (nSPS) is 20.7. The lowest BCUT2D eigenvalue weighted by atomic mass is 9.94. The Balaban J connectivity index is 1.98. The van der Waals surface area contributed by atoms with Crippen LogP contribution >= 0.6 is 11.8 Å². The van der Waals surface area contributed by atoms with Crippen LogP contribution in [0, 0.1) is 17.7 Å². The van der Waals surface area contributed by atoms with E-state index < -0.39 is 10.0 Å². The Morgan fingerprint density at radius 3 is 2.38 bits per heavy atom. The van der Waals surface area contributed by atoms with E-state index in [1.54, 1.807) is 24.3 Å². The van der Waals surface area contributed by atoms with Gasteiger partial charge in [-0.15, -0.1) is 0 Å². The van der Waals surface area contributed by atoms with Gasteiger partial charge in [0.2, 0.25) is 10.0 Å². The zero-order chi connectivity index (χ0) is 23.5. The summed E-state index contributed by atoms with van der Waals surface area (Å²) in [4.78, 5) is 14.6. The molecule has 0 aromatic heterocycles. The molecular weight excluding hydrogens is 447 g/mol. The summed E-state index contributed by atoms with van der Waals surface area (Å²) in [6.07, 6.45) is 1.76. The van der Waals surface area contributed by atoms with Gasteiger partial charge in [0, 0.05) is 28.9 Å². The van der Waals surface area contributed by atoms with Crippen LogP contribution in [-0.2, 0) is 10.0 Å². The Kier molecular flexibility index (Phi) is 8.01. The van der Waals surface area contributed by atoms with Crippen molar-refractivity contribution in [3.8, 4) is 0 Å². The predicted molar refractivity (Wildman–Crippen MR) is 126 cm³/mol. The number of nitrogens with one attached hydrogen (secondary N) is 1. The molecule has 0 spiro atoms. The zero-order valence-corrected chi connectivity index (χ0v) is 20.6. The standard InChI is InChI=1S/C24H31FN2O3S2/c1-5-18(4)26-24(28)22-13-21(32(29,30)27-14-16(2)12-17(3)15-27)10-11-23(22)31-20-8-6-19(25)7-9-20/h6-11,13,16-18H,5,12,14-15H2,1-4H3,(H,26,28)/t16-,17+,18-/m1/s1. The molecule has 1 aliphatic heterocycles. The second-order valence-electron chi connectivity index (χ2n) is 8.76. The van der Waals surface area contributed by atoms with Gasteiger partial charge in [-0.1, -0.05) is 32.5 Å². The lowest BCUT2D eigenvalue weighted by molar-refractivity contribution is 0.0936. The minimum atomic E-state index is -3.72. The summed E-state index contributed by atoms with van der Waals surface area (Å²) in [5, 5.41) is 2.93. The molecular formula is C24H31FN2O3S2. The van der Waals surface area contributed by atoms with Gasteiger partial charge in [0.15, 0.2) is 0 Å². The van der Waals surface area contributed by atoms with Gasteiger partial charge in [0.1, 0.15) is 5.82 Å². The minimum absolute atomic E-state index is 0.0461. The number of rotatable bonds is 7. The molecule has 174 valence electrons. The largest absolute Gasteiger partial charge is 0.350 e. The highest BCUT2D eigenvalue weighted by molar-refractivity contribution is 7.99. The molecule has 0 aliphatic carbocycles. The van der Waals surface area contributed by atoms with E-state index in [9.17, 15) is 17.6 Å². The molecule has 2 aromatic rings. The minimum Gasteiger partial charge on any atom is -0.350 e. The fourth-order valence-electron chi connectivity index (χ4n) is 3.92. The lowest BCUT2D eigenvalue weighted by Crippen LogP contribution is -2.42. The van der Waals surface area contributed by atoms with Gasteiger partial charge in [-0.2, -0.15) is 4.31 Å². The summed E-state index contributed by atoms with van der Waals surface area (Å²) in [6.45, 7) is 8.96. The Hall–Kier alpha value is -1.90. The van der Waals surface area contributed by atoms with E-state index in [-0.39, 0.29) is 34.5 Å². The number of benzene rings is 2. The maximum Gasteiger partial charge on any atom is 0.252 e. The first-order valence-electron chi connectivity index (χ1n) is 11.0. The first-order valence-corrected chi connectivity index (χ1v) is 13.2. The molecule has 5 nitrogen and oxygen atoms in total. The van der Waals surface area contributed by atoms with Gasteiger partial charge in [-0.3, -0.25) is 4.79 Å². The van der Waals surface area contributed by atoms with Gasteiger partial charge >= 0.3 is 0 Å². The number of piperidine rings is 1. The number of hydrogen-bond donors (Lipinski definition) is 1. The van der Waals surface area contributed by atoms with Gasteiger partial charge in [-0.25, -0.2) is 12.8 Å². The summed E-state index contributed by atoms with van der Waals surface area (Å²) < 4.78 is 41.6. The number of sulfonamides is 1. The van der Waals surface area contributed by atoms with E-state index in [1.807, 2.05) is 13.8 Å². The van der Waals surface area contributed by atoms with Crippen molar-refractivity contribution in [3.63, 3.8) is 0 Å². The predicted octanol–water partition coefficient (Wildman–Crippen LogP) is 5.17. The highest BCUT2D eigenvalue weighted by Crippen LogP contribution is 2.34. The average Bonchev–Trinajstić information content (AvgIpc) is 2.74. The van der Waals surface area contributed by atoms with E-state index in [2.05, 4.69) is 19.2 Å². The molecule has 1 fully saturated rings. The van der Waals surface area contributed by atoms with Crippen LogP contribution in [0.2, 0.25) is 0 Å². The van der Waals surface area contributed by atoms with Crippen LogP contribution in [0.4, 0.5) is 4.39 Å². The van der Waals surface area contributed by atoms with Crippen molar-refractivity contribution in [3.05, 3.63) is 53.8 Å². The van der Waals surface area contributed by atoms with Gasteiger partial charge in [0.05, 0.1) is 10.5 Å². The van der Waals surface area contributed by atoms with Gasteiger partial charge in [-0.05, 0) is 74.1 Å². The molecule has 32 heavy (non-hydrogen) atoms. The number of hydrogen-bond acceptors (Lipinski definition) is 4. The Labute approximate surface area is 194 Å². The summed E-state index contributed by atoms with van der Waals surface area (Å²) in [7, 11) is -3.72. The number of halogens is 1. The fraction of sp³-hybridized carbons (Fsp3) is 0.458. The molecule has 8 heteroatoms. The molecule has 3 rings (SSSR count). The van der Waals surface area contributed by atoms with Crippen LogP contribution < -0.4 is 5.32 Å². The highest BCUT2D eigenvalue weighted by Gasteiger charge is 2.32. The fourth-order valence-corrected chi connectivity index (χ4v) is 6.55. The quantitative estimate of drug-likeness (QED) is 0.596. The van der Waals surface area contributed by atoms with Gasteiger partial charge in [0.25, 0.3) is 5.91 Å². The van der Waals surface area contributed by atoms with E-state index in [0.29, 0.717) is 23.5 Å². The number of amides is 1. The van der Waals surface area contributed by atoms with Crippen LogP contribution in [0.25, 0.3) is 0 Å². The topological polar surface area (TPSA) is 66.5 Å². The molecule has 3 atom stereocenters. The van der Waals surface area contributed by atoms with Crippen molar-refractivity contribution < 1.29 is 17.6 Å². The van der Waals surface area contributed by atoms with E-state index in [1.165, 1.54) is 34.3 Å². The molecule has 1 saturated heterocycles. The lowest BCUT2D eigenvalue weighted by Gasteiger charge is -2.34. The SMILES string of the molecule is CC[C@@H](C)NC(=O)c1cc(S(=O)(=O)N2C[C@H](C)C[C@H](C)C2)ccc1Sc1ccc(F)cc1. The molecule has 1 N–H and O–H groups in total. The van der Waals surface area contributed by atoms with Crippen LogP contribution in [0.3, 0.4) is 0 Å². The molecule has 2 aromatic carbocycles. The molecule has 0 saturated carbocycles. The van der Waals surface area contributed by atoms with Crippen LogP contribution in [0.1, 0.15) is 50.9 Å². The van der Waals surface area contributed by atoms with E-state index in [4.69, 9.17) is 0 Å². The number of carbonyl (C=O) groups excluding carboxylic acids is 1. The Bertz CT molecular complexity index is 1050. The summed E-state index contributed by atoms with van der Waals surface area (Å²) >= 11 is 1.31. The smallest absolute Gasteiger partial charge is 0.252 e. The third-order valence-corrected chi connectivity index (χ3v) is 8.61. The van der Waals surface area contributed by atoms with Crippen molar-refractivity contribution in [2.45, 2.75) is 61.3 Å². The molecule has 0 unspecified atom stereocenters. The monoisotopic (exact) mass is 478 g/mol. The Morgan fingerprint density at radius 1 is 1.16 bits per heavy atom. The van der Waals surface area contributed by atoms with Crippen molar-refractivity contribution in [2.24, 2.45) is 11.8 Å². The van der Waals surface area contributed by atoms with E-state index in [0.717, 1.165) is 17.7 Å². The van der Waals surface area contributed by atoms with Crippen molar-refractivity contribution in [2.75, 3.05) is 13.1 Å². The molecule has 1 amide bonds. The van der Waals surface area contributed by atoms with Crippen molar-refractivity contribution in [1.29, 1.82) is 0 Å². The van der Waals surface area contributed by atoms with Crippen LogP contribution in [0.15, 0.2) is 57.2 Å². The average molecular weight is 479 g/mol. The third-order valence-electron chi connectivity index (χ3n) is 5.70. The van der Waals surface area contributed by atoms with E-state index >= 15 is 0 Å². The van der Waals surface area contributed by atoms with Crippen LogP contribution in [-0.4, -0.2) is 37.8 Å². The number of carbonyl (C=O) groups is 1. The van der Waals surface area contributed by atoms with Crippen LogP contribution in [0.5, 0.6) is 0 Å².